The molecular formula is C28H30F3N5O3S. The predicted octanol–water partition coefficient (Wildman–Crippen LogP) is 3.33. The summed E-state index contributed by atoms with van der Waals surface area (Å²) in [7, 11) is 0. The van der Waals surface area contributed by atoms with E-state index in [1.807, 2.05) is 17.5 Å². The van der Waals surface area contributed by atoms with Gasteiger partial charge in [0.25, 0.3) is 5.91 Å². The second kappa shape index (κ2) is 12.0. The molecule has 1 saturated heterocycles. The van der Waals surface area contributed by atoms with Crippen molar-refractivity contribution in [2.45, 2.75) is 43.0 Å². The van der Waals surface area contributed by atoms with Gasteiger partial charge in [-0.15, -0.1) is 11.3 Å². The van der Waals surface area contributed by atoms with E-state index < -0.39 is 29.7 Å². The van der Waals surface area contributed by atoms with Crippen molar-refractivity contribution in [2.75, 3.05) is 19.6 Å². The standard InChI is InChI=1S/C28H30F3N5O3S/c29-28(30,31)19-5-1-3-16(9-19)26(39)35-15-24(37)36-23-14-33-13-22(23)18-10-20(17-4-2-6-32-12-17)25(38)21(11-18)27-34-7-8-40-27/h1-9,12,18,20-23,25,33,38H,10-11,13-15H2,(H,35,39)(H,36,37)/t18?,20?,21?,22?,23-,25?/m0/s1. The van der Waals surface area contributed by atoms with Gasteiger partial charge in [0, 0.05) is 60.5 Å². The number of aliphatic hydroxyl groups excluding tert-OH is 1. The lowest BCUT2D eigenvalue weighted by molar-refractivity contribution is -0.137. The van der Waals surface area contributed by atoms with E-state index in [1.54, 1.807) is 18.6 Å². The van der Waals surface area contributed by atoms with Crippen LogP contribution in [-0.4, -0.2) is 58.7 Å². The first-order valence-corrected chi connectivity index (χ1v) is 14.0. The second-order valence-corrected chi connectivity index (χ2v) is 11.3. The quantitative estimate of drug-likeness (QED) is 0.345. The zero-order valence-corrected chi connectivity index (χ0v) is 22.3. The average Bonchev–Trinajstić information content (AvgIpc) is 3.65. The topological polar surface area (TPSA) is 116 Å². The van der Waals surface area contributed by atoms with E-state index in [1.165, 1.54) is 17.4 Å². The number of carbonyl (C=O) groups excluding carboxylic acids is 2. The monoisotopic (exact) mass is 573 g/mol. The summed E-state index contributed by atoms with van der Waals surface area (Å²) in [5, 5.41) is 22.9. The summed E-state index contributed by atoms with van der Waals surface area (Å²) < 4.78 is 39.0. The highest BCUT2D eigenvalue weighted by Crippen LogP contribution is 2.47. The largest absolute Gasteiger partial charge is 0.416 e. The van der Waals surface area contributed by atoms with Gasteiger partial charge in [-0.2, -0.15) is 13.2 Å². The lowest BCUT2D eigenvalue weighted by Crippen LogP contribution is -2.48. The number of aromatic nitrogens is 2. The highest BCUT2D eigenvalue weighted by Gasteiger charge is 2.45. The molecule has 2 amide bonds. The van der Waals surface area contributed by atoms with Crippen molar-refractivity contribution < 1.29 is 27.9 Å². The predicted molar refractivity (Wildman–Crippen MR) is 143 cm³/mol. The lowest BCUT2D eigenvalue weighted by Gasteiger charge is -2.42. The highest BCUT2D eigenvalue weighted by atomic mass is 32.1. The molecule has 1 aliphatic carbocycles. The molecule has 6 atom stereocenters. The van der Waals surface area contributed by atoms with Gasteiger partial charge in [-0.05, 0) is 54.5 Å². The first-order valence-electron chi connectivity index (χ1n) is 13.1. The number of nitrogens with one attached hydrogen (secondary N) is 3. The number of hydrogen-bond acceptors (Lipinski definition) is 7. The molecule has 0 bridgehead atoms. The molecule has 2 fully saturated rings. The van der Waals surface area contributed by atoms with Crippen molar-refractivity contribution in [3.63, 3.8) is 0 Å². The van der Waals surface area contributed by atoms with Gasteiger partial charge in [-0.25, -0.2) is 4.98 Å². The Labute approximate surface area is 233 Å². The van der Waals surface area contributed by atoms with Crippen molar-refractivity contribution in [1.82, 2.24) is 25.9 Å². The van der Waals surface area contributed by atoms with E-state index in [9.17, 15) is 27.9 Å². The summed E-state index contributed by atoms with van der Waals surface area (Å²) in [5.41, 5.74) is -0.133. The van der Waals surface area contributed by atoms with Crippen LogP contribution in [-0.2, 0) is 11.0 Å². The fraction of sp³-hybridized carbons (Fsp3) is 0.429. The summed E-state index contributed by atoms with van der Waals surface area (Å²) >= 11 is 1.52. The normalized spacial score (nSPS) is 26.8. The molecule has 3 aromatic rings. The smallest absolute Gasteiger partial charge is 0.392 e. The second-order valence-electron chi connectivity index (χ2n) is 10.3. The Morgan fingerprint density at radius 3 is 2.65 bits per heavy atom. The number of carbonyl (C=O) groups is 2. The number of halogens is 3. The van der Waals surface area contributed by atoms with Gasteiger partial charge < -0.3 is 21.1 Å². The molecule has 12 heteroatoms. The van der Waals surface area contributed by atoms with Gasteiger partial charge in [0.05, 0.1) is 23.2 Å². The van der Waals surface area contributed by atoms with Gasteiger partial charge in [-0.3, -0.25) is 14.6 Å². The van der Waals surface area contributed by atoms with E-state index in [4.69, 9.17) is 0 Å². The third-order valence-corrected chi connectivity index (χ3v) is 8.80. The van der Waals surface area contributed by atoms with Crippen molar-refractivity contribution in [3.05, 3.63) is 82.1 Å². The van der Waals surface area contributed by atoms with Crippen LogP contribution >= 0.6 is 11.3 Å². The molecule has 0 radical (unpaired) electrons. The van der Waals surface area contributed by atoms with Crippen LogP contribution in [0.2, 0.25) is 0 Å². The minimum absolute atomic E-state index is 0.0808. The number of hydrogen-bond donors (Lipinski definition) is 4. The Kier molecular flexibility index (Phi) is 8.48. The van der Waals surface area contributed by atoms with E-state index in [0.717, 1.165) is 41.6 Å². The van der Waals surface area contributed by atoms with Gasteiger partial charge in [0.1, 0.15) is 0 Å². The number of amides is 2. The molecule has 4 N–H and O–H groups in total. The Morgan fingerprint density at radius 2 is 1.93 bits per heavy atom. The molecule has 3 heterocycles. The molecular weight excluding hydrogens is 543 g/mol. The summed E-state index contributed by atoms with van der Waals surface area (Å²) in [4.78, 5) is 33.9. The van der Waals surface area contributed by atoms with Gasteiger partial charge in [0.2, 0.25) is 5.91 Å². The van der Waals surface area contributed by atoms with Gasteiger partial charge in [-0.1, -0.05) is 12.1 Å². The van der Waals surface area contributed by atoms with E-state index in [0.29, 0.717) is 13.1 Å². The molecule has 1 aliphatic heterocycles. The zero-order valence-electron chi connectivity index (χ0n) is 21.5. The number of aliphatic hydroxyl groups is 1. The minimum atomic E-state index is -4.57. The molecule has 212 valence electrons. The maximum atomic E-state index is 13.0. The maximum absolute atomic E-state index is 13.0. The van der Waals surface area contributed by atoms with E-state index in [2.05, 4.69) is 25.9 Å². The first kappa shape index (κ1) is 28.2. The van der Waals surface area contributed by atoms with E-state index >= 15 is 0 Å². The average molecular weight is 574 g/mol. The maximum Gasteiger partial charge on any atom is 0.416 e. The molecule has 2 aromatic heterocycles. The zero-order chi connectivity index (χ0) is 28.3. The minimum Gasteiger partial charge on any atom is -0.392 e. The van der Waals surface area contributed by atoms with Crippen LogP contribution < -0.4 is 16.0 Å². The van der Waals surface area contributed by atoms with Crippen LogP contribution in [0.5, 0.6) is 0 Å². The van der Waals surface area contributed by atoms with Crippen LogP contribution in [0, 0.1) is 11.8 Å². The third kappa shape index (κ3) is 6.34. The van der Waals surface area contributed by atoms with Crippen LogP contribution in [0.15, 0.2) is 60.4 Å². The summed E-state index contributed by atoms with van der Waals surface area (Å²) in [6.45, 7) is 0.880. The van der Waals surface area contributed by atoms with Crippen molar-refractivity contribution in [2.24, 2.45) is 11.8 Å². The number of nitrogens with zero attached hydrogens (tertiary/aromatic N) is 2. The number of benzene rings is 1. The fourth-order valence-corrected chi connectivity index (χ4v) is 6.75. The molecule has 5 rings (SSSR count). The summed E-state index contributed by atoms with van der Waals surface area (Å²) in [6, 6.07) is 7.71. The van der Waals surface area contributed by atoms with Crippen LogP contribution in [0.25, 0.3) is 0 Å². The van der Waals surface area contributed by atoms with Gasteiger partial charge >= 0.3 is 6.18 Å². The Balaban J connectivity index is 1.24. The van der Waals surface area contributed by atoms with E-state index in [-0.39, 0.29) is 41.8 Å². The SMILES string of the molecule is O=C(CNC(=O)c1cccc(C(F)(F)F)c1)N[C@H]1CNCC1C1CC(c2cccnc2)C(O)C(c2nccs2)C1. The van der Waals surface area contributed by atoms with Crippen molar-refractivity contribution >= 4 is 23.2 Å². The number of alkyl halides is 3. The Morgan fingerprint density at radius 1 is 1.10 bits per heavy atom. The molecule has 1 saturated carbocycles. The fourth-order valence-electron chi connectivity index (χ4n) is 5.96. The lowest BCUT2D eigenvalue weighted by atomic mass is 9.66. The summed E-state index contributed by atoms with van der Waals surface area (Å²) in [5.74, 6) is -1.21. The highest BCUT2D eigenvalue weighted by molar-refractivity contribution is 7.09. The first-order chi connectivity index (χ1) is 19.2. The van der Waals surface area contributed by atoms with Crippen LogP contribution in [0.3, 0.4) is 0 Å². The number of thiazole rings is 1. The number of pyridine rings is 1. The Hall–Kier alpha value is -3.35. The van der Waals surface area contributed by atoms with Crippen molar-refractivity contribution in [1.29, 1.82) is 0 Å². The van der Waals surface area contributed by atoms with Gasteiger partial charge in [0.15, 0.2) is 0 Å². The molecule has 1 aromatic carbocycles. The number of rotatable bonds is 7. The molecule has 5 unspecified atom stereocenters. The molecule has 40 heavy (non-hydrogen) atoms. The molecule has 8 nitrogen and oxygen atoms in total. The molecule has 0 spiro atoms. The molecule has 2 aliphatic rings. The van der Waals surface area contributed by atoms with Crippen molar-refractivity contribution in [3.8, 4) is 0 Å². The Bertz CT molecular complexity index is 1310. The third-order valence-electron chi connectivity index (χ3n) is 7.89. The van der Waals surface area contributed by atoms with Crippen LogP contribution in [0.4, 0.5) is 13.2 Å². The van der Waals surface area contributed by atoms with Crippen LogP contribution in [0.1, 0.15) is 51.2 Å². The summed E-state index contributed by atoms with van der Waals surface area (Å²) in [6.07, 6.45) is 1.49.